The molecule has 144 valence electrons. The van der Waals surface area contributed by atoms with Crippen LogP contribution in [0.4, 0.5) is 10.8 Å². The van der Waals surface area contributed by atoms with Gasteiger partial charge in [-0.2, -0.15) is 5.10 Å². The Morgan fingerprint density at radius 2 is 1.83 bits per heavy atom. The molecule has 4 aromatic rings. The molecule has 0 amide bonds. The summed E-state index contributed by atoms with van der Waals surface area (Å²) in [7, 11) is 0. The lowest BCUT2D eigenvalue weighted by Gasteiger charge is -2.06. The third kappa shape index (κ3) is 4.74. The molecule has 0 aliphatic rings. The van der Waals surface area contributed by atoms with Crippen LogP contribution in [-0.4, -0.2) is 16.1 Å². The normalized spacial score (nSPS) is 11.0. The van der Waals surface area contributed by atoms with Crippen molar-refractivity contribution >= 4 is 38.6 Å². The lowest BCUT2D eigenvalue weighted by Crippen LogP contribution is -1.96. The molecule has 0 saturated heterocycles. The monoisotopic (exact) mass is 404 g/mol. The summed E-state index contributed by atoms with van der Waals surface area (Å²) in [6, 6.07) is 21.7. The van der Waals surface area contributed by atoms with Crippen molar-refractivity contribution < 1.29 is 9.66 Å². The molecule has 7 nitrogen and oxygen atoms in total. The minimum absolute atomic E-state index is 0.0665. The van der Waals surface area contributed by atoms with Crippen molar-refractivity contribution in [2.24, 2.45) is 5.10 Å². The smallest absolute Gasteiger partial charge is 0.269 e. The third-order valence-electron chi connectivity index (χ3n) is 4.10. The van der Waals surface area contributed by atoms with Crippen molar-refractivity contribution in [1.82, 2.24) is 4.98 Å². The summed E-state index contributed by atoms with van der Waals surface area (Å²) in [6.45, 7) is 0.338. The fraction of sp³-hybridized carbons (Fsp3) is 0.0476. The number of hydrazone groups is 1. The van der Waals surface area contributed by atoms with Crippen LogP contribution in [-0.2, 0) is 6.61 Å². The van der Waals surface area contributed by atoms with E-state index in [0.29, 0.717) is 12.4 Å². The molecule has 0 bridgehead atoms. The Hall–Kier alpha value is -3.78. The Labute approximate surface area is 170 Å². The van der Waals surface area contributed by atoms with Gasteiger partial charge in [-0.1, -0.05) is 23.5 Å². The topological polar surface area (TPSA) is 89.7 Å². The van der Waals surface area contributed by atoms with Gasteiger partial charge in [-0.3, -0.25) is 15.5 Å². The second kappa shape index (κ2) is 8.49. The molecule has 1 heterocycles. The van der Waals surface area contributed by atoms with Crippen molar-refractivity contribution in [2.75, 3.05) is 5.43 Å². The summed E-state index contributed by atoms with van der Waals surface area (Å²) in [5.41, 5.74) is 5.75. The van der Waals surface area contributed by atoms with Gasteiger partial charge in [0, 0.05) is 12.1 Å². The molecule has 1 N–H and O–H groups in total. The molecular weight excluding hydrogens is 388 g/mol. The van der Waals surface area contributed by atoms with E-state index in [2.05, 4.69) is 15.5 Å². The number of benzene rings is 3. The fourth-order valence-electron chi connectivity index (χ4n) is 2.61. The number of hydrogen-bond donors (Lipinski definition) is 1. The molecular formula is C21H16N4O3S. The average molecular weight is 404 g/mol. The predicted octanol–water partition coefficient (Wildman–Crippen LogP) is 5.23. The van der Waals surface area contributed by atoms with Gasteiger partial charge in [0.05, 0.1) is 21.4 Å². The van der Waals surface area contributed by atoms with Gasteiger partial charge < -0.3 is 4.74 Å². The van der Waals surface area contributed by atoms with E-state index in [1.165, 1.54) is 12.1 Å². The van der Waals surface area contributed by atoms with E-state index in [0.717, 1.165) is 26.5 Å². The van der Waals surface area contributed by atoms with Gasteiger partial charge >= 0.3 is 0 Å². The largest absolute Gasteiger partial charge is 0.489 e. The maximum Gasteiger partial charge on any atom is 0.269 e. The zero-order valence-electron chi connectivity index (χ0n) is 15.2. The number of ether oxygens (including phenoxy) is 1. The lowest BCUT2D eigenvalue weighted by atomic mass is 10.2. The van der Waals surface area contributed by atoms with Crippen molar-refractivity contribution in [3.05, 3.63) is 94.0 Å². The summed E-state index contributed by atoms with van der Waals surface area (Å²) < 4.78 is 6.83. The van der Waals surface area contributed by atoms with Gasteiger partial charge in [-0.25, -0.2) is 4.98 Å². The maximum atomic E-state index is 10.7. The second-order valence-corrected chi connectivity index (χ2v) is 7.17. The predicted molar refractivity (Wildman–Crippen MR) is 115 cm³/mol. The van der Waals surface area contributed by atoms with E-state index < -0.39 is 4.92 Å². The van der Waals surface area contributed by atoms with Crippen LogP contribution in [0.2, 0.25) is 0 Å². The molecule has 0 atom stereocenters. The Morgan fingerprint density at radius 1 is 1.07 bits per heavy atom. The quantitative estimate of drug-likeness (QED) is 0.259. The van der Waals surface area contributed by atoms with E-state index in [-0.39, 0.29) is 5.69 Å². The Balaban J connectivity index is 1.31. The Morgan fingerprint density at radius 3 is 2.55 bits per heavy atom. The zero-order chi connectivity index (χ0) is 20.1. The van der Waals surface area contributed by atoms with E-state index in [1.54, 1.807) is 29.7 Å². The summed E-state index contributed by atoms with van der Waals surface area (Å²) in [6.07, 6.45) is 1.71. The van der Waals surface area contributed by atoms with Gasteiger partial charge in [0.15, 0.2) is 0 Å². The summed E-state index contributed by atoms with van der Waals surface area (Å²) in [5, 5.41) is 15.6. The molecule has 0 aliphatic carbocycles. The van der Waals surface area contributed by atoms with Crippen molar-refractivity contribution in [3.8, 4) is 5.75 Å². The zero-order valence-corrected chi connectivity index (χ0v) is 16.0. The molecule has 0 fully saturated rings. The van der Waals surface area contributed by atoms with Crippen molar-refractivity contribution in [3.63, 3.8) is 0 Å². The SMILES string of the molecule is O=[N+]([O-])c1ccc(COc2ccc(/C=N\Nc3nc4ccccc4s3)cc2)cc1. The molecule has 4 rings (SSSR count). The maximum absolute atomic E-state index is 10.7. The number of aromatic nitrogens is 1. The number of anilines is 1. The van der Waals surface area contributed by atoms with E-state index in [1.807, 2.05) is 48.5 Å². The number of fused-ring (bicyclic) bond motifs is 1. The van der Waals surface area contributed by atoms with Crippen molar-refractivity contribution in [2.45, 2.75) is 6.61 Å². The van der Waals surface area contributed by atoms with Crippen molar-refractivity contribution in [1.29, 1.82) is 0 Å². The van der Waals surface area contributed by atoms with Crippen LogP contribution < -0.4 is 10.2 Å². The van der Waals surface area contributed by atoms with Gasteiger partial charge in [0.2, 0.25) is 5.13 Å². The van der Waals surface area contributed by atoms with Crippen LogP contribution in [0, 0.1) is 10.1 Å². The number of nitrogens with zero attached hydrogens (tertiary/aromatic N) is 3. The highest BCUT2D eigenvalue weighted by Crippen LogP contribution is 2.25. The Bertz CT molecular complexity index is 1120. The number of non-ortho nitro benzene ring substituents is 1. The highest BCUT2D eigenvalue weighted by Gasteiger charge is 2.04. The number of para-hydroxylation sites is 1. The number of hydrogen-bond acceptors (Lipinski definition) is 7. The molecule has 8 heteroatoms. The minimum atomic E-state index is -0.420. The van der Waals surface area contributed by atoms with Gasteiger partial charge in [0.25, 0.3) is 5.69 Å². The van der Waals surface area contributed by atoms with Crippen LogP contribution in [0.1, 0.15) is 11.1 Å². The standard InChI is InChI=1S/C21H16N4O3S/c26-25(27)17-9-5-16(6-10-17)14-28-18-11-7-15(8-12-18)13-22-24-21-23-19-3-1-2-4-20(19)29-21/h1-13H,14H2,(H,23,24)/b22-13-. The molecule has 0 aliphatic heterocycles. The number of nitro benzene ring substituents is 1. The van der Waals surface area contributed by atoms with Crippen LogP contribution in [0.3, 0.4) is 0 Å². The van der Waals surface area contributed by atoms with Crippen LogP contribution in [0.15, 0.2) is 77.9 Å². The van der Waals surface area contributed by atoms with Crippen LogP contribution in [0.25, 0.3) is 10.2 Å². The number of rotatable bonds is 7. The highest BCUT2D eigenvalue weighted by atomic mass is 32.1. The van der Waals surface area contributed by atoms with Gasteiger partial charge in [-0.15, -0.1) is 0 Å². The first kappa shape index (κ1) is 18.6. The van der Waals surface area contributed by atoms with E-state index in [9.17, 15) is 10.1 Å². The molecule has 29 heavy (non-hydrogen) atoms. The highest BCUT2D eigenvalue weighted by molar-refractivity contribution is 7.22. The van der Waals surface area contributed by atoms with Gasteiger partial charge in [-0.05, 0) is 59.7 Å². The summed E-state index contributed by atoms with van der Waals surface area (Å²) in [4.78, 5) is 14.7. The fourth-order valence-corrected chi connectivity index (χ4v) is 3.43. The first-order valence-electron chi connectivity index (χ1n) is 8.78. The molecule has 0 spiro atoms. The molecule has 3 aromatic carbocycles. The van der Waals surface area contributed by atoms with E-state index in [4.69, 9.17) is 4.74 Å². The van der Waals surface area contributed by atoms with Crippen LogP contribution in [0.5, 0.6) is 5.75 Å². The lowest BCUT2D eigenvalue weighted by molar-refractivity contribution is -0.384. The average Bonchev–Trinajstić information content (AvgIpc) is 3.16. The summed E-state index contributed by atoms with van der Waals surface area (Å²) >= 11 is 1.55. The molecule has 1 aromatic heterocycles. The molecule has 0 unspecified atom stereocenters. The van der Waals surface area contributed by atoms with Gasteiger partial charge in [0.1, 0.15) is 12.4 Å². The minimum Gasteiger partial charge on any atom is -0.489 e. The van der Waals surface area contributed by atoms with Crippen LogP contribution >= 0.6 is 11.3 Å². The first-order chi connectivity index (χ1) is 14.2. The second-order valence-electron chi connectivity index (χ2n) is 6.14. The molecule has 0 saturated carbocycles. The first-order valence-corrected chi connectivity index (χ1v) is 9.60. The number of nitro groups is 1. The molecule has 0 radical (unpaired) electrons. The number of thiazole rings is 1. The number of nitrogens with one attached hydrogen (secondary N) is 1. The summed E-state index contributed by atoms with van der Waals surface area (Å²) in [5.74, 6) is 0.708. The Kier molecular flexibility index (Phi) is 5.44. The van der Waals surface area contributed by atoms with E-state index >= 15 is 0 Å². The third-order valence-corrected chi connectivity index (χ3v) is 5.04.